The van der Waals surface area contributed by atoms with E-state index in [2.05, 4.69) is 15.6 Å². The summed E-state index contributed by atoms with van der Waals surface area (Å²) in [4.78, 5) is 29.8. The summed E-state index contributed by atoms with van der Waals surface area (Å²) in [5, 5.41) is 5.64. The summed E-state index contributed by atoms with van der Waals surface area (Å²) in [7, 11) is 2.96. The Labute approximate surface area is 197 Å². The fraction of sp³-hybridized carbons (Fsp3) is 0.0741. The van der Waals surface area contributed by atoms with Gasteiger partial charge in [-0.25, -0.2) is 4.98 Å². The molecule has 1 aromatic heterocycles. The topological polar surface area (TPSA) is 89.5 Å². The maximum atomic E-state index is 12.9. The van der Waals surface area contributed by atoms with Gasteiger partial charge >= 0.3 is 0 Å². The second-order valence-electron chi connectivity index (χ2n) is 7.35. The van der Waals surface area contributed by atoms with E-state index in [0.717, 1.165) is 11.1 Å². The van der Waals surface area contributed by atoms with Crippen molar-refractivity contribution in [3.8, 4) is 22.8 Å². The standard InChI is InChI=1S/C27H23N3O4/c1-33-24-13-10-20(16-23(24)27(32)30-22-14-15-28-25(17-22)34-2)26(31)29-21-11-8-19(9-12-21)18-6-4-3-5-7-18/h3-17H,1-2H3,(H,29,31)(H,28,30,32). The first kappa shape index (κ1) is 22.5. The fourth-order valence-corrected chi connectivity index (χ4v) is 3.40. The molecule has 170 valence electrons. The van der Waals surface area contributed by atoms with Gasteiger partial charge in [0, 0.05) is 29.2 Å². The van der Waals surface area contributed by atoms with Crippen LogP contribution in [0.25, 0.3) is 11.1 Å². The van der Waals surface area contributed by atoms with E-state index in [1.54, 1.807) is 24.3 Å². The number of rotatable bonds is 7. The van der Waals surface area contributed by atoms with Gasteiger partial charge in [-0.1, -0.05) is 42.5 Å². The Morgan fingerprint density at radius 1 is 0.706 bits per heavy atom. The van der Waals surface area contributed by atoms with E-state index in [1.807, 2.05) is 54.6 Å². The van der Waals surface area contributed by atoms with Crippen molar-refractivity contribution in [2.24, 2.45) is 0 Å². The summed E-state index contributed by atoms with van der Waals surface area (Å²) >= 11 is 0. The van der Waals surface area contributed by atoms with Crippen LogP contribution in [0.1, 0.15) is 20.7 Å². The van der Waals surface area contributed by atoms with Gasteiger partial charge in [0.2, 0.25) is 5.88 Å². The Balaban J connectivity index is 1.51. The van der Waals surface area contributed by atoms with Crippen LogP contribution in [0.4, 0.5) is 11.4 Å². The van der Waals surface area contributed by atoms with Crippen molar-refractivity contribution >= 4 is 23.2 Å². The molecule has 0 saturated carbocycles. The fourth-order valence-electron chi connectivity index (χ4n) is 3.40. The van der Waals surface area contributed by atoms with Gasteiger partial charge in [0.15, 0.2) is 0 Å². The minimum absolute atomic E-state index is 0.227. The number of ether oxygens (including phenoxy) is 2. The van der Waals surface area contributed by atoms with Crippen LogP contribution in [0.2, 0.25) is 0 Å². The maximum absolute atomic E-state index is 12.9. The number of hydrogen-bond acceptors (Lipinski definition) is 5. The monoisotopic (exact) mass is 453 g/mol. The molecule has 7 heteroatoms. The third-order valence-electron chi connectivity index (χ3n) is 5.16. The molecule has 0 aliphatic carbocycles. The van der Waals surface area contributed by atoms with Crippen LogP contribution in [-0.4, -0.2) is 31.0 Å². The van der Waals surface area contributed by atoms with E-state index in [1.165, 1.54) is 26.5 Å². The molecule has 3 aromatic carbocycles. The molecular weight excluding hydrogens is 430 g/mol. The number of nitrogens with one attached hydrogen (secondary N) is 2. The Bertz CT molecular complexity index is 1310. The molecule has 0 radical (unpaired) electrons. The lowest BCUT2D eigenvalue weighted by Gasteiger charge is -2.12. The van der Waals surface area contributed by atoms with Crippen LogP contribution in [-0.2, 0) is 0 Å². The number of methoxy groups -OCH3 is 2. The first-order valence-electron chi connectivity index (χ1n) is 10.5. The van der Waals surface area contributed by atoms with E-state index in [9.17, 15) is 9.59 Å². The van der Waals surface area contributed by atoms with Gasteiger partial charge in [-0.15, -0.1) is 0 Å². The highest BCUT2D eigenvalue weighted by atomic mass is 16.5. The molecule has 0 aliphatic heterocycles. The van der Waals surface area contributed by atoms with Gasteiger partial charge in [0.05, 0.1) is 19.8 Å². The first-order chi connectivity index (χ1) is 16.6. The lowest BCUT2D eigenvalue weighted by Crippen LogP contribution is -2.16. The van der Waals surface area contributed by atoms with Crippen LogP contribution < -0.4 is 20.1 Å². The van der Waals surface area contributed by atoms with Crippen LogP contribution >= 0.6 is 0 Å². The zero-order chi connectivity index (χ0) is 23.9. The molecular formula is C27H23N3O4. The largest absolute Gasteiger partial charge is 0.496 e. The molecule has 2 amide bonds. The number of anilines is 2. The van der Waals surface area contributed by atoms with E-state index in [0.29, 0.717) is 28.6 Å². The highest BCUT2D eigenvalue weighted by Gasteiger charge is 2.17. The maximum Gasteiger partial charge on any atom is 0.259 e. The predicted molar refractivity (Wildman–Crippen MR) is 132 cm³/mol. The van der Waals surface area contributed by atoms with Crippen molar-refractivity contribution in [2.45, 2.75) is 0 Å². The summed E-state index contributed by atoms with van der Waals surface area (Å²) < 4.78 is 10.4. The van der Waals surface area contributed by atoms with Crippen molar-refractivity contribution in [1.29, 1.82) is 0 Å². The zero-order valence-corrected chi connectivity index (χ0v) is 18.7. The number of hydrogen-bond donors (Lipinski definition) is 2. The Morgan fingerprint density at radius 2 is 1.41 bits per heavy atom. The molecule has 0 saturated heterocycles. The van der Waals surface area contributed by atoms with Gasteiger partial charge < -0.3 is 20.1 Å². The number of carbonyl (C=O) groups excluding carboxylic acids is 2. The molecule has 7 nitrogen and oxygen atoms in total. The van der Waals surface area contributed by atoms with Gasteiger partial charge in [0.1, 0.15) is 5.75 Å². The van der Waals surface area contributed by atoms with Gasteiger partial charge in [-0.2, -0.15) is 0 Å². The molecule has 4 aromatic rings. The molecule has 0 spiro atoms. The summed E-state index contributed by atoms with van der Waals surface area (Å²) in [6, 6.07) is 25.5. The summed E-state index contributed by atoms with van der Waals surface area (Å²) in [6.45, 7) is 0. The molecule has 4 rings (SSSR count). The van der Waals surface area contributed by atoms with Gasteiger partial charge in [-0.05, 0) is 47.5 Å². The second-order valence-corrected chi connectivity index (χ2v) is 7.35. The van der Waals surface area contributed by atoms with Gasteiger partial charge in [0.25, 0.3) is 11.8 Å². The van der Waals surface area contributed by atoms with Crippen molar-refractivity contribution in [1.82, 2.24) is 4.98 Å². The predicted octanol–water partition coefficient (Wildman–Crippen LogP) is 5.27. The third kappa shape index (κ3) is 5.21. The minimum atomic E-state index is -0.424. The number of aromatic nitrogens is 1. The molecule has 1 heterocycles. The van der Waals surface area contributed by atoms with Crippen molar-refractivity contribution < 1.29 is 19.1 Å². The second kappa shape index (κ2) is 10.3. The number of amides is 2. The number of carbonyl (C=O) groups is 2. The SMILES string of the molecule is COc1cc(NC(=O)c2cc(C(=O)Nc3ccc(-c4ccccc4)cc3)ccc2OC)ccn1. The van der Waals surface area contributed by atoms with Crippen LogP contribution in [0.5, 0.6) is 11.6 Å². The lowest BCUT2D eigenvalue weighted by molar-refractivity contribution is 0.102. The summed E-state index contributed by atoms with van der Waals surface area (Å²) in [5.41, 5.74) is 3.85. The van der Waals surface area contributed by atoms with Crippen LogP contribution in [0.3, 0.4) is 0 Å². The third-order valence-corrected chi connectivity index (χ3v) is 5.16. The summed E-state index contributed by atoms with van der Waals surface area (Å²) in [6.07, 6.45) is 1.53. The average Bonchev–Trinajstić information content (AvgIpc) is 2.89. The molecule has 0 bridgehead atoms. The zero-order valence-electron chi connectivity index (χ0n) is 18.7. The van der Waals surface area contributed by atoms with Crippen molar-refractivity contribution in [3.63, 3.8) is 0 Å². The number of pyridine rings is 1. The average molecular weight is 453 g/mol. The smallest absolute Gasteiger partial charge is 0.259 e. The van der Waals surface area contributed by atoms with Crippen molar-refractivity contribution in [3.05, 3.63) is 102 Å². The Morgan fingerprint density at radius 3 is 2.12 bits per heavy atom. The van der Waals surface area contributed by atoms with E-state index in [-0.39, 0.29) is 11.5 Å². The van der Waals surface area contributed by atoms with E-state index >= 15 is 0 Å². The first-order valence-corrected chi connectivity index (χ1v) is 10.5. The van der Waals surface area contributed by atoms with E-state index in [4.69, 9.17) is 9.47 Å². The lowest BCUT2D eigenvalue weighted by atomic mass is 10.1. The normalized spacial score (nSPS) is 10.3. The van der Waals surface area contributed by atoms with Gasteiger partial charge in [-0.3, -0.25) is 9.59 Å². The molecule has 0 unspecified atom stereocenters. The number of nitrogens with zero attached hydrogens (tertiary/aromatic N) is 1. The minimum Gasteiger partial charge on any atom is -0.496 e. The molecule has 2 N–H and O–H groups in total. The number of benzene rings is 3. The molecule has 0 aliphatic rings. The quantitative estimate of drug-likeness (QED) is 0.398. The van der Waals surface area contributed by atoms with Crippen LogP contribution in [0, 0.1) is 0 Å². The highest BCUT2D eigenvalue weighted by molar-refractivity contribution is 6.10. The molecule has 34 heavy (non-hydrogen) atoms. The van der Waals surface area contributed by atoms with E-state index < -0.39 is 5.91 Å². The molecule has 0 atom stereocenters. The molecule has 0 fully saturated rings. The Hall–Kier alpha value is -4.65. The van der Waals surface area contributed by atoms with Crippen molar-refractivity contribution in [2.75, 3.05) is 24.9 Å². The Kier molecular flexibility index (Phi) is 6.84. The van der Waals surface area contributed by atoms with Crippen LogP contribution in [0.15, 0.2) is 91.1 Å². The summed E-state index contributed by atoms with van der Waals surface area (Å²) in [5.74, 6) is -0.0415. The highest BCUT2D eigenvalue weighted by Crippen LogP contribution is 2.24.